The van der Waals surface area contributed by atoms with Crippen molar-refractivity contribution in [1.82, 2.24) is 4.98 Å². The van der Waals surface area contributed by atoms with Crippen LogP contribution in [-0.4, -0.2) is 30.8 Å². The van der Waals surface area contributed by atoms with Gasteiger partial charge in [0.2, 0.25) is 6.79 Å². The number of benzene rings is 2. The molecule has 2 aromatic carbocycles. The second kappa shape index (κ2) is 7.92. The molecule has 0 bridgehead atoms. The molecule has 0 saturated heterocycles. The number of carbonyl (C=O) groups excluding carboxylic acids is 2. The Kier molecular flexibility index (Phi) is 5.18. The summed E-state index contributed by atoms with van der Waals surface area (Å²) in [5.41, 5.74) is 2.60. The number of anilines is 1. The van der Waals surface area contributed by atoms with Crippen molar-refractivity contribution in [2.24, 2.45) is 0 Å². The van der Waals surface area contributed by atoms with Gasteiger partial charge in [0, 0.05) is 16.9 Å². The SMILES string of the molecule is COC(=O)c1cccc(C(=O)Nc2nc(C)c(Cc3ccc4c(c3)OCO4)s2)c1. The van der Waals surface area contributed by atoms with E-state index in [2.05, 4.69) is 10.3 Å². The van der Waals surface area contributed by atoms with Crippen molar-refractivity contribution in [2.75, 3.05) is 19.2 Å². The fraction of sp³-hybridized carbons (Fsp3) is 0.190. The fourth-order valence-corrected chi connectivity index (χ4v) is 3.95. The van der Waals surface area contributed by atoms with Crippen molar-refractivity contribution in [3.05, 3.63) is 69.7 Å². The lowest BCUT2D eigenvalue weighted by atomic mass is 10.1. The minimum atomic E-state index is -0.490. The summed E-state index contributed by atoms with van der Waals surface area (Å²) in [5.74, 6) is 0.662. The molecule has 1 aromatic heterocycles. The lowest BCUT2D eigenvalue weighted by Gasteiger charge is -2.04. The second-order valence-corrected chi connectivity index (χ2v) is 7.50. The van der Waals surface area contributed by atoms with Crippen molar-refractivity contribution < 1.29 is 23.8 Å². The molecular formula is C21H18N2O5S. The summed E-state index contributed by atoms with van der Waals surface area (Å²) >= 11 is 1.42. The van der Waals surface area contributed by atoms with Crippen LogP contribution < -0.4 is 14.8 Å². The predicted octanol–water partition coefficient (Wildman–Crippen LogP) is 3.81. The normalized spacial score (nSPS) is 11.9. The summed E-state index contributed by atoms with van der Waals surface area (Å²) in [6.45, 7) is 2.15. The third kappa shape index (κ3) is 4.07. The van der Waals surface area contributed by atoms with Crippen molar-refractivity contribution in [3.8, 4) is 11.5 Å². The van der Waals surface area contributed by atoms with Crippen LogP contribution in [0.3, 0.4) is 0 Å². The zero-order valence-electron chi connectivity index (χ0n) is 15.9. The number of esters is 1. The van der Waals surface area contributed by atoms with Crippen LogP contribution in [0.2, 0.25) is 0 Å². The number of nitrogens with one attached hydrogen (secondary N) is 1. The Hall–Kier alpha value is -3.39. The fourth-order valence-electron chi connectivity index (χ4n) is 2.96. The van der Waals surface area contributed by atoms with Crippen LogP contribution in [0.5, 0.6) is 11.5 Å². The molecule has 1 aliphatic heterocycles. The predicted molar refractivity (Wildman–Crippen MR) is 108 cm³/mol. The van der Waals surface area contributed by atoms with Crippen LogP contribution in [0.1, 0.15) is 36.9 Å². The van der Waals surface area contributed by atoms with Gasteiger partial charge in [0.15, 0.2) is 16.6 Å². The van der Waals surface area contributed by atoms with Crippen molar-refractivity contribution in [3.63, 3.8) is 0 Å². The smallest absolute Gasteiger partial charge is 0.337 e. The molecule has 0 radical (unpaired) electrons. The zero-order valence-corrected chi connectivity index (χ0v) is 16.7. The van der Waals surface area contributed by atoms with Gasteiger partial charge < -0.3 is 14.2 Å². The standard InChI is InChI=1S/C21H18N2O5S/c1-12-18(9-13-6-7-16-17(8-13)28-11-27-16)29-21(22-12)23-19(24)14-4-3-5-15(10-14)20(25)26-2/h3-8,10H,9,11H2,1-2H3,(H,22,23,24). The molecular weight excluding hydrogens is 392 g/mol. The first kappa shape index (κ1) is 18.9. The van der Waals surface area contributed by atoms with Crippen LogP contribution >= 0.6 is 11.3 Å². The van der Waals surface area contributed by atoms with Gasteiger partial charge in [-0.2, -0.15) is 0 Å². The third-order valence-electron chi connectivity index (χ3n) is 4.46. The molecule has 2 heterocycles. The van der Waals surface area contributed by atoms with Crippen LogP contribution in [0.4, 0.5) is 5.13 Å². The number of methoxy groups -OCH3 is 1. The van der Waals surface area contributed by atoms with E-state index in [4.69, 9.17) is 14.2 Å². The summed E-state index contributed by atoms with van der Waals surface area (Å²) in [5, 5.41) is 3.31. The highest BCUT2D eigenvalue weighted by molar-refractivity contribution is 7.15. The summed E-state index contributed by atoms with van der Waals surface area (Å²) in [6, 6.07) is 12.2. The highest BCUT2D eigenvalue weighted by Gasteiger charge is 2.17. The van der Waals surface area contributed by atoms with Crippen molar-refractivity contribution >= 4 is 28.3 Å². The summed E-state index contributed by atoms with van der Waals surface area (Å²) < 4.78 is 15.5. The molecule has 0 atom stereocenters. The van der Waals surface area contributed by atoms with Gasteiger partial charge in [0.25, 0.3) is 5.91 Å². The van der Waals surface area contributed by atoms with Gasteiger partial charge in [-0.3, -0.25) is 10.1 Å². The first-order chi connectivity index (χ1) is 14.0. The quantitative estimate of drug-likeness (QED) is 0.644. The number of aromatic nitrogens is 1. The average molecular weight is 410 g/mol. The number of amides is 1. The topological polar surface area (TPSA) is 86.8 Å². The lowest BCUT2D eigenvalue weighted by molar-refractivity contribution is 0.0600. The molecule has 1 N–H and O–H groups in total. The van der Waals surface area contributed by atoms with Gasteiger partial charge >= 0.3 is 5.97 Å². The molecule has 148 valence electrons. The molecule has 4 rings (SSSR count). The van der Waals surface area contributed by atoms with E-state index in [0.717, 1.165) is 27.6 Å². The Balaban J connectivity index is 1.48. The van der Waals surface area contributed by atoms with E-state index in [1.165, 1.54) is 24.5 Å². The van der Waals surface area contributed by atoms with E-state index >= 15 is 0 Å². The highest BCUT2D eigenvalue weighted by atomic mass is 32.1. The van der Waals surface area contributed by atoms with Gasteiger partial charge in [0.1, 0.15) is 0 Å². The number of nitrogens with zero attached hydrogens (tertiary/aromatic N) is 1. The number of hydrogen-bond acceptors (Lipinski definition) is 7. The molecule has 0 spiro atoms. The van der Waals surface area contributed by atoms with Gasteiger partial charge in [0.05, 0.1) is 18.4 Å². The van der Waals surface area contributed by atoms with Gasteiger partial charge in [-0.05, 0) is 42.8 Å². The number of rotatable bonds is 5. The Morgan fingerprint density at radius 1 is 1.14 bits per heavy atom. The number of thiazole rings is 1. The molecule has 0 aliphatic carbocycles. The second-order valence-electron chi connectivity index (χ2n) is 6.42. The maximum absolute atomic E-state index is 12.6. The Labute approximate surface area is 171 Å². The molecule has 3 aromatic rings. The Bertz CT molecular complexity index is 1090. The summed E-state index contributed by atoms with van der Waals surface area (Å²) in [7, 11) is 1.30. The summed E-state index contributed by atoms with van der Waals surface area (Å²) in [4.78, 5) is 29.7. The Morgan fingerprint density at radius 2 is 1.93 bits per heavy atom. The van der Waals surface area contributed by atoms with E-state index in [-0.39, 0.29) is 12.7 Å². The van der Waals surface area contributed by atoms with E-state index in [0.29, 0.717) is 22.7 Å². The van der Waals surface area contributed by atoms with Crippen LogP contribution in [0.25, 0.3) is 0 Å². The third-order valence-corrected chi connectivity index (χ3v) is 5.53. The zero-order chi connectivity index (χ0) is 20.4. The van der Waals surface area contributed by atoms with E-state index in [1.54, 1.807) is 18.2 Å². The summed E-state index contributed by atoms with van der Waals surface area (Å²) in [6.07, 6.45) is 0.674. The van der Waals surface area contributed by atoms with Gasteiger partial charge in [-0.25, -0.2) is 9.78 Å². The van der Waals surface area contributed by atoms with Crippen molar-refractivity contribution in [2.45, 2.75) is 13.3 Å². The monoisotopic (exact) mass is 410 g/mol. The van der Waals surface area contributed by atoms with Gasteiger partial charge in [-0.1, -0.05) is 12.1 Å². The molecule has 0 unspecified atom stereocenters. The highest BCUT2D eigenvalue weighted by Crippen LogP contribution is 2.34. The number of fused-ring (bicyclic) bond motifs is 1. The molecule has 1 aliphatic rings. The maximum atomic E-state index is 12.6. The Morgan fingerprint density at radius 3 is 2.76 bits per heavy atom. The van der Waals surface area contributed by atoms with Crippen molar-refractivity contribution in [1.29, 1.82) is 0 Å². The maximum Gasteiger partial charge on any atom is 0.337 e. The molecule has 0 fully saturated rings. The molecule has 0 saturated carbocycles. The first-order valence-electron chi connectivity index (χ1n) is 8.88. The van der Waals surface area contributed by atoms with Crippen LogP contribution in [0.15, 0.2) is 42.5 Å². The number of carbonyl (C=O) groups is 2. The number of ether oxygens (including phenoxy) is 3. The lowest BCUT2D eigenvalue weighted by Crippen LogP contribution is -2.13. The molecule has 1 amide bonds. The first-order valence-corrected chi connectivity index (χ1v) is 9.69. The van der Waals surface area contributed by atoms with Crippen LogP contribution in [0, 0.1) is 6.92 Å². The van der Waals surface area contributed by atoms with Gasteiger partial charge in [-0.15, -0.1) is 11.3 Å². The number of aryl methyl sites for hydroxylation is 1. The van der Waals surface area contributed by atoms with E-state index in [1.807, 2.05) is 25.1 Å². The number of hydrogen-bond donors (Lipinski definition) is 1. The molecule has 29 heavy (non-hydrogen) atoms. The minimum Gasteiger partial charge on any atom is -0.465 e. The van der Waals surface area contributed by atoms with Crippen LogP contribution in [-0.2, 0) is 11.2 Å². The molecule has 7 nitrogen and oxygen atoms in total. The largest absolute Gasteiger partial charge is 0.465 e. The average Bonchev–Trinajstić information content (AvgIpc) is 3.33. The minimum absolute atomic E-state index is 0.242. The molecule has 8 heteroatoms. The van der Waals surface area contributed by atoms with E-state index < -0.39 is 5.97 Å². The van der Waals surface area contributed by atoms with E-state index in [9.17, 15) is 9.59 Å².